The number of nitrogens with two attached hydrogens (primary N) is 1. The van der Waals surface area contributed by atoms with Crippen LogP contribution in [0.5, 0.6) is 0 Å². The molecule has 10 heavy (non-hydrogen) atoms. The summed E-state index contributed by atoms with van der Waals surface area (Å²) in [6, 6.07) is 3.75. The van der Waals surface area contributed by atoms with E-state index < -0.39 is 0 Å². The van der Waals surface area contributed by atoms with Crippen molar-refractivity contribution in [1.82, 2.24) is 4.98 Å². The van der Waals surface area contributed by atoms with Crippen molar-refractivity contribution < 1.29 is 0 Å². The summed E-state index contributed by atoms with van der Waals surface area (Å²) in [7, 11) is 3.93. The van der Waals surface area contributed by atoms with Crippen LogP contribution in [0, 0.1) is 0 Å². The number of hydrogen-bond acceptors (Lipinski definition) is 3. The van der Waals surface area contributed by atoms with Crippen LogP contribution in [0.2, 0.25) is 0 Å². The van der Waals surface area contributed by atoms with Gasteiger partial charge in [0.05, 0.1) is 0 Å². The van der Waals surface area contributed by atoms with Crippen molar-refractivity contribution in [2.45, 2.75) is 0 Å². The Kier molecular flexibility index (Phi) is 1.76. The van der Waals surface area contributed by atoms with E-state index in [0.717, 1.165) is 5.69 Å². The van der Waals surface area contributed by atoms with E-state index in [1.807, 2.05) is 31.1 Å². The third kappa shape index (κ3) is 1.37. The molecule has 0 aliphatic heterocycles. The van der Waals surface area contributed by atoms with Gasteiger partial charge in [0.15, 0.2) is 0 Å². The molecule has 0 atom stereocenters. The van der Waals surface area contributed by atoms with Crippen LogP contribution < -0.4 is 10.6 Å². The van der Waals surface area contributed by atoms with Gasteiger partial charge < -0.3 is 10.6 Å². The predicted molar refractivity (Wildman–Crippen MR) is 43.0 cm³/mol. The van der Waals surface area contributed by atoms with Gasteiger partial charge in [0.2, 0.25) is 0 Å². The zero-order chi connectivity index (χ0) is 7.56. The summed E-state index contributed by atoms with van der Waals surface area (Å²) in [5.41, 5.74) is 6.54. The third-order valence-electron chi connectivity index (χ3n) is 1.28. The van der Waals surface area contributed by atoms with Gasteiger partial charge in [0.1, 0.15) is 5.82 Å². The Hall–Kier alpha value is -1.25. The molecule has 0 radical (unpaired) electrons. The average Bonchev–Trinajstić information content (AvgIpc) is 1.88. The summed E-state index contributed by atoms with van der Waals surface area (Å²) in [4.78, 5) is 5.86. The third-order valence-corrected chi connectivity index (χ3v) is 1.28. The van der Waals surface area contributed by atoms with Crippen molar-refractivity contribution in [2.24, 2.45) is 0 Å². The molecule has 0 spiro atoms. The molecule has 0 bridgehead atoms. The van der Waals surface area contributed by atoms with E-state index in [4.69, 9.17) is 5.73 Å². The number of nitrogen functional groups attached to an aromatic ring is 1. The van der Waals surface area contributed by atoms with E-state index in [1.54, 1.807) is 6.20 Å². The minimum Gasteiger partial charge on any atom is -0.384 e. The van der Waals surface area contributed by atoms with Crippen LogP contribution in [0.4, 0.5) is 11.5 Å². The Bertz CT molecular complexity index is 220. The minimum atomic E-state index is 0.561. The minimum absolute atomic E-state index is 0.561. The van der Waals surface area contributed by atoms with Crippen molar-refractivity contribution in [1.29, 1.82) is 0 Å². The second-order valence-electron chi connectivity index (χ2n) is 2.33. The second-order valence-corrected chi connectivity index (χ2v) is 2.33. The molecule has 0 fully saturated rings. The second kappa shape index (κ2) is 2.56. The van der Waals surface area contributed by atoms with Gasteiger partial charge in [-0.1, -0.05) is 0 Å². The van der Waals surface area contributed by atoms with Crippen molar-refractivity contribution >= 4 is 11.5 Å². The fourth-order valence-corrected chi connectivity index (χ4v) is 0.715. The van der Waals surface area contributed by atoms with Crippen LogP contribution in [0.15, 0.2) is 18.3 Å². The molecular weight excluding hydrogens is 126 g/mol. The van der Waals surface area contributed by atoms with Crippen LogP contribution in [-0.2, 0) is 0 Å². The zero-order valence-electron chi connectivity index (χ0n) is 6.20. The normalized spacial score (nSPS) is 9.40. The Morgan fingerprint density at radius 1 is 1.50 bits per heavy atom. The molecule has 3 nitrogen and oxygen atoms in total. The molecular formula is C7H11N3. The van der Waals surface area contributed by atoms with Crippen LogP contribution in [0.25, 0.3) is 0 Å². The number of nitrogens with zero attached hydrogens (tertiary/aromatic N) is 2. The molecule has 0 saturated heterocycles. The standard InChI is InChI=1S/C7H11N3/c1-10(2)6-3-4-9-7(8)5-6/h3-5H,1-2H3,(H2,8,9). The van der Waals surface area contributed by atoms with Crippen molar-refractivity contribution in [3.63, 3.8) is 0 Å². The lowest BCUT2D eigenvalue weighted by molar-refractivity contribution is 1.12. The number of hydrogen-bond donors (Lipinski definition) is 1. The van der Waals surface area contributed by atoms with Crippen LogP contribution in [0.3, 0.4) is 0 Å². The Labute approximate surface area is 60.5 Å². The molecule has 0 saturated carbocycles. The summed E-state index contributed by atoms with van der Waals surface area (Å²) in [5, 5.41) is 0. The Morgan fingerprint density at radius 3 is 2.60 bits per heavy atom. The molecule has 0 aliphatic rings. The van der Waals surface area contributed by atoms with Crippen molar-refractivity contribution in [2.75, 3.05) is 24.7 Å². The maximum absolute atomic E-state index is 5.46. The highest BCUT2D eigenvalue weighted by Gasteiger charge is 1.93. The van der Waals surface area contributed by atoms with Crippen molar-refractivity contribution in [3.8, 4) is 0 Å². The molecule has 0 aliphatic carbocycles. The highest BCUT2D eigenvalue weighted by molar-refractivity contribution is 5.50. The van der Waals surface area contributed by atoms with E-state index in [9.17, 15) is 0 Å². The van der Waals surface area contributed by atoms with Gasteiger partial charge in [-0.05, 0) is 6.07 Å². The SMILES string of the molecule is CN(C)c1ccnc(N)c1. The highest BCUT2D eigenvalue weighted by Crippen LogP contribution is 2.11. The number of rotatable bonds is 1. The maximum Gasteiger partial charge on any atom is 0.125 e. The summed E-state index contributed by atoms with van der Waals surface area (Å²) >= 11 is 0. The lowest BCUT2D eigenvalue weighted by Crippen LogP contribution is -2.08. The quantitative estimate of drug-likeness (QED) is 0.620. The van der Waals surface area contributed by atoms with Gasteiger partial charge in [0, 0.05) is 32.0 Å². The summed E-state index contributed by atoms with van der Waals surface area (Å²) in [6.45, 7) is 0. The van der Waals surface area contributed by atoms with Gasteiger partial charge >= 0.3 is 0 Å². The van der Waals surface area contributed by atoms with E-state index in [-0.39, 0.29) is 0 Å². The fourth-order valence-electron chi connectivity index (χ4n) is 0.715. The van der Waals surface area contributed by atoms with E-state index in [0.29, 0.717) is 5.82 Å². The molecule has 2 N–H and O–H groups in total. The molecule has 1 rings (SSSR count). The first-order chi connectivity index (χ1) is 4.70. The summed E-state index contributed by atoms with van der Waals surface area (Å²) in [6.07, 6.45) is 1.70. The van der Waals surface area contributed by atoms with Gasteiger partial charge in [-0.3, -0.25) is 0 Å². The number of aromatic nitrogens is 1. The van der Waals surface area contributed by atoms with E-state index >= 15 is 0 Å². The van der Waals surface area contributed by atoms with Crippen LogP contribution in [-0.4, -0.2) is 19.1 Å². The first-order valence-electron chi connectivity index (χ1n) is 3.09. The topological polar surface area (TPSA) is 42.2 Å². The Morgan fingerprint density at radius 2 is 2.20 bits per heavy atom. The smallest absolute Gasteiger partial charge is 0.125 e. The largest absolute Gasteiger partial charge is 0.384 e. The molecule has 0 amide bonds. The molecule has 0 unspecified atom stereocenters. The average molecular weight is 137 g/mol. The fraction of sp³-hybridized carbons (Fsp3) is 0.286. The van der Waals surface area contributed by atoms with Gasteiger partial charge in [-0.25, -0.2) is 4.98 Å². The van der Waals surface area contributed by atoms with Gasteiger partial charge in [-0.2, -0.15) is 0 Å². The van der Waals surface area contributed by atoms with Gasteiger partial charge in [0.25, 0.3) is 0 Å². The molecule has 1 heterocycles. The maximum atomic E-state index is 5.46. The van der Waals surface area contributed by atoms with E-state index in [1.165, 1.54) is 0 Å². The first kappa shape index (κ1) is 6.86. The Balaban J connectivity index is 2.96. The van der Waals surface area contributed by atoms with Crippen LogP contribution in [0.1, 0.15) is 0 Å². The molecule has 54 valence electrons. The monoisotopic (exact) mass is 137 g/mol. The summed E-state index contributed by atoms with van der Waals surface area (Å²) < 4.78 is 0. The lowest BCUT2D eigenvalue weighted by atomic mass is 10.4. The molecule has 1 aromatic rings. The molecule has 0 aromatic carbocycles. The molecule has 3 heteroatoms. The highest BCUT2D eigenvalue weighted by atomic mass is 15.1. The van der Waals surface area contributed by atoms with E-state index in [2.05, 4.69) is 4.98 Å². The van der Waals surface area contributed by atoms with Crippen molar-refractivity contribution in [3.05, 3.63) is 18.3 Å². The molecule has 1 aromatic heterocycles. The first-order valence-corrected chi connectivity index (χ1v) is 3.09. The number of anilines is 2. The van der Waals surface area contributed by atoms with Crippen LogP contribution >= 0.6 is 0 Å². The predicted octanol–water partition coefficient (Wildman–Crippen LogP) is 0.730. The van der Waals surface area contributed by atoms with Gasteiger partial charge in [-0.15, -0.1) is 0 Å². The lowest BCUT2D eigenvalue weighted by Gasteiger charge is -2.11. The zero-order valence-corrected chi connectivity index (χ0v) is 6.20. The number of pyridine rings is 1. The summed E-state index contributed by atoms with van der Waals surface area (Å²) in [5.74, 6) is 0.561.